The van der Waals surface area contributed by atoms with Crippen molar-refractivity contribution in [2.45, 2.75) is 6.92 Å². The second-order valence-corrected chi connectivity index (χ2v) is 2.92. The molecule has 0 fully saturated rings. The first kappa shape index (κ1) is 11.6. The summed E-state index contributed by atoms with van der Waals surface area (Å²) in [6.45, 7) is 2.77. The van der Waals surface area contributed by atoms with Gasteiger partial charge >= 0.3 is 0 Å². The lowest BCUT2D eigenvalue weighted by Gasteiger charge is -2.21. The molecule has 0 amide bonds. The first-order valence-electron chi connectivity index (χ1n) is 4.79. The number of likely N-dealkylation sites (N-methyl/N-ethyl adjacent to an activating group) is 1. The van der Waals surface area contributed by atoms with E-state index in [-0.39, 0.29) is 12.4 Å². The molecule has 6 heteroatoms. The van der Waals surface area contributed by atoms with E-state index in [0.29, 0.717) is 19.0 Å². The molecule has 0 radical (unpaired) electrons. The molecule has 1 aromatic heterocycles. The molecule has 1 aromatic rings. The van der Waals surface area contributed by atoms with E-state index in [0.717, 1.165) is 6.20 Å². The first-order chi connectivity index (χ1) is 7.22. The summed E-state index contributed by atoms with van der Waals surface area (Å²) in [5, 5.41) is 11.6. The SMILES string of the molecule is CCN(CCO)c1nc(NC)ncc1F. The minimum absolute atomic E-state index is 0.0355. The van der Waals surface area contributed by atoms with Crippen LogP contribution in [0.4, 0.5) is 16.2 Å². The van der Waals surface area contributed by atoms with Crippen LogP contribution in [0.3, 0.4) is 0 Å². The highest BCUT2D eigenvalue weighted by Gasteiger charge is 2.12. The van der Waals surface area contributed by atoms with E-state index in [1.807, 2.05) is 6.92 Å². The quantitative estimate of drug-likeness (QED) is 0.746. The van der Waals surface area contributed by atoms with Crippen molar-refractivity contribution in [2.75, 3.05) is 37.0 Å². The van der Waals surface area contributed by atoms with Crippen molar-refractivity contribution in [1.29, 1.82) is 0 Å². The second-order valence-electron chi connectivity index (χ2n) is 2.92. The van der Waals surface area contributed by atoms with Crippen LogP contribution >= 0.6 is 0 Å². The standard InChI is InChI=1S/C9H15FN4O/c1-3-14(4-5-15)8-7(10)6-12-9(11-2)13-8/h6,15H,3-5H2,1-2H3,(H,11,12,13). The van der Waals surface area contributed by atoms with Gasteiger partial charge in [-0.15, -0.1) is 0 Å². The molecule has 0 aliphatic rings. The van der Waals surface area contributed by atoms with Crippen molar-refractivity contribution in [1.82, 2.24) is 9.97 Å². The topological polar surface area (TPSA) is 61.3 Å². The van der Waals surface area contributed by atoms with Gasteiger partial charge in [0, 0.05) is 20.1 Å². The maximum atomic E-state index is 13.4. The number of aliphatic hydroxyl groups is 1. The normalized spacial score (nSPS) is 10.1. The number of hydrogen-bond acceptors (Lipinski definition) is 5. The first-order valence-corrected chi connectivity index (χ1v) is 4.79. The maximum absolute atomic E-state index is 13.4. The maximum Gasteiger partial charge on any atom is 0.224 e. The zero-order chi connectivity index (χ0) is 11.3. The van der Waals surface area contributed by atoms with Gasteiger partial charge < -0.3 is 15.3 Å². The molecule has 84 valence electrons. The zero-order valence-corrected chi connectivity index (χ0v) is 8.87. The van der Waals surface area contributed by atoms with Gasteiger partial charge in [0.2, 0.25) is 5.95 Å². The van der Waals surface area contributed by atoms with Gasteiger partial charge in [-0.1, -0.05) is 0 Å². The van der Waals surface area contributed by atoms with E-state index in [2.05, 4.69) is 15.3 Å². The van der Waals surface area contributed by atoms with Crippen LogP contribution in [0.15, 0.2) is 6.20 Å². The molecular weight excluding hydrogens is 199 g/mol. The predicted octanol–water partition coefficient (Wildman–Crippen LogP) is 0.476. The van der Waals surface area contributed by atoms with E-state index >= 15 is 0 Å². The molecule has 0 aliphatic heterocycles. The van der Waals surface area contributed by atoms with E-state index in [1.54, 1.807) is 11.9 Å². The minimum atomic E-state index is -0.482. The molecule has 1 rings (SSSR count). The van der Waals surface area contributed by atoms with E-state index in [1.165, 1.54) is 0 Å². The number of nitrogens with zero attached hydrogens (tertiary/aromatic N) is 3. The number of aromatic nitrogens is 2. The van der Waals surface area contributed by atoms with Crippen molar-refractivity contribution >= 4 is 11.8 Å². The van der Waals surface area contributed by atoms with Crippen molar-refractivity contribution in [2.24, 2.45) is 0 Å². The van der Waals surface area contributed by atoms with Crippen LogP contribution in [0.5, 0.6) is 0 Å². The van der Waals surface area contributed by atoms with Crippen molar-refractivity contribution < 1.29 is 9.50 Å². The molecule has 0 atom stereocenters. The zero-order valence-electron chi connectivity index (χ0n) is 8.87. The van der Waals surface area contributed by atoms with Gasteiger partial charge in [-0.3, -0.25) is 0 Å². The Kier molecular flexibility index (Phi) is 4.23. The largest absolute Gasteiger partial charge is 0.395 e. The molecule has 0 aliphatic carbocycles. The average molecular weight is 214 g/mol. The Bertz CT molecular complexity index is 321. The fourth-order valence-corrected chi connectivity index (χ4v) is 1.23. The third-order valence-corrected chi connectivity index (χ3v) is 2.00. The summed E-state index contributed by atoms with van der Waals surface area (Å²) in [7, 11) is 1.67. The number of anilines is 2. The number of aliphatic hydroxyl groups excluding tert-OH is 1. The van der Waals surface area contributed by atoms with E-state index in [9.17, 15) is 4.39 Å². The summed E-state index contributed by atoms with van der Waals surface area (Å²) in [5.74, 6) is 0.0954. The van der Waals surface area contributed by atoms with Crippen LogP contribution in [0.1, 0.15) is 6.92 Å². The fourth-order valence-electron chi connectivity index (χ4n) is 1.23. The summed E-state index contributed by atoms with van der Waals surface area (Å²) < 4.78 is 13.4. The van der Waals surface area contributed by atoms with Gasteiger partial charge in [0.15, 0.2) is 11.6 Å². The van der Waals surface area contributed by atoms with Crippen LogP contribution in [-0.4, -0.2) is 41.8 Å². The molecule has 0 bridgehead atoms. The van der Waals surface area contributed by atoms with Crippen molar-refractivity contribution in [3.8, 4) is 0 Å². The predicted molar refractivity (Wildman–Crippen MR) is 56.5 cm³/mol. The van der Waals surface area contributed by atoms with E-state index in [4.69, 9.17) is 5.11 Å². The number of hydrogen-bond donors (Lipinski definition) is 2. The number of nitrogens with one attached hydrogen (secondary N) is 1. The molecule has 0 aromatic carbocycles. The van der Waals surface area contributed by atoms with Crippen LogP contribution < -0.4 is 10.2 Å². The third kappa shape index (κ3) is 2.76. The summed E-state index contributed by atoms with van der Waals surface area (Å²) in [4.78, 5) is 9.40. The van der Waals surface area contributed by atoms with Gasteiger partial charge in [0.05, 0.1) is 12.8 Å². The highest BCUT2D eigenvalue weighted by molar-refractivity contribution is 5.43. The van der Waals surface area contributed by atoms with Crippen LogP contribution in [0.2, 0.25) is 0 Å². The molecule has 0 unspecified atom stereocenters. The third-order valence-electron chi connectivity index (χ3n) is 2.00. The van der Waals surface area contributed by atoms with E-state index < -0.39 is 5.82 Å². The Morgan fingerprint density at radius 3 is 2.87 bits per heavy atom. The lowest BCUT2D eigenvalue weighted by molar-refractivity contribution is 0.301. The molecular formula is C9H15FN4O. The summed E-state index contributed by atoms with van der Waals surface area (Å²) in [6, 6.07) is 0. The molecule has 0 saturated heterocycles. The van der Waals surface area contributed by atoms with Gasteiger partial charge in [0.25, 0.3) is 0 Å². The Morgan fingerprint density at radius 1 is 1.60 bits per heavy atom. The van der Waals surface area contributed by atoms with Crippen LogP contribution in [0.25, 0.3) is 0 Å². The smallest absolute Gasteiger partial charge is 0.224 e. The van der Waals surface area contributed by atoms with Crippen LogP contribution in [0, 0.1) is 5.82 Å². The molecule has 0 spiro atoms. The molecule has 5 nitrogen and oxygen atoms in total. The van der Waals surface area contributed by atoms with Gasteiger partial charge in [-0.2, -0.15) is 4.98 Å². The van der Waals surface area contributed by atoms with Crippen molar-refractivity contribution in [3.05, 3.63) is 12.0 Å². The molecule has 15 heavy (non-hydrogen) atoms. The minimum Gasteiger partial charge on any atom is -0.395 e. The number of halogens is 1. The Labute approximate surface area is 88.0 Å². The molecule has 0 saturated carbocycles. The summed E-state index contributed by atoms with van der Waals surface area (Å²) >= 11 is 0. The molecule has 2 N–H and O–H groups in total. The van der Waals surface area contributed by atoms with Gasteiger partial charge in [0.1, 0.15) is 0 Å². The monoisotopic (exact) mass is 214 g/mol. The van der Waals surface area contributed by atoms with Crippen molar-refractivity contribution in [3.63, 3.8) is 0 Å². The van der Waals surface area contributed by atoms with Gasteiger partial charge in [-0.25, -0.2) is 9.37 Å². The Hall–Kier alpha value is -1.43. The average Bonchev–Trinajstić information content (AvgIpc) is 2.27. The summed E-state index contributed by atoms with van der Waals surface area (Å²) in [6.07, 6.45) is 1.12. The lowest BCUT2D eigenvalue weighted by atomic mass is 10.4. The highest BCUT2D eigenvalue weighted by atomic mass is 19.1. The van der Waals surface area contributed by atoms with Crippen LogP contribution in [-0.2, 0) is 0 Å². The summed E-state index contributed by atoms with van der Waals surface area (Å²) in [5.41, 5.74) is 0. The Balaban J connectivity index is 2.98. The second kappa shape index (κ2) is 5.45. The molecule has 1 heterocycles. The highest BCUT2D eigenvalue weighted by Crippen LogP contribution is 2.16. The Morgan fingerprint density at radius 2 is 2.33 bits per heavy atom. The number of rotatable bonds is 5. The lowest BCUT2D eigenvalue weighted by Crippen LogP contribution is -2.28. The van der Waals surface area contributed by atoms with Gasteiger partial charge in [-0.05, 0) is 6.92 Å². The fraction of sp³-hybridized carbons (Fsp3) is 0.556.